The third-order valence-corrected chi connectivity index (χ3v) is 7.47. The summed E-state index contributed by atoms with van der Waals surface area (Å²) in [5.74, 6) is -2.33. The fraction of sp³-hybridized carbons (Fsp3) is 0.640. The molecule has 4 atom stereocenters. The first-order chi connectivity index (χ1) is 17.7. The predicted molar refractivity (Wildman–Crippen MR) is 124 cm³/mol. The van der Waals surface area contributed by atoms with E-state index >= 15 is 0 Å². The van der Waals surface area contributed by atoms with Gasteiger partial charge in [0.2, 0.25) is 0 Å². The number of piperidine rings is 1. The van der Waals surface area contributed by atoms with Crippen LogP contribution in [0.4, 0.5) is 22.8 Å². The summed E-state index contributed by atoms with van der Waals surface area (Å²) in [4.78, 5) is 39.8. The lowest BCUT2D eigenvalue weighted by atomic mass is 9.95. The van der Waals surface area contributed by atoms with Crippen LogP contribution in [-0.4, -0.2) is 85.1 Å². The molecule has 2 saturated heterocycles. The fourth-order valence-corrected chi connectivity index (χ4v) is 5.68. The van der Waals surface area contributed by atoms with Gasteiger partial charge in [0.05, 0.1) is 31.9 Å². The topological polar surface area (TPSA) is 97.4 Å². The van der Waals surface area contributed by atoms with Crippen LogP contribution in [0.2, 0.25) is 0 Å². The van der Waals surface area contributed by atoms with Gasteiger partial charge in [-0.3, -0.25) is 9.69 Å². The van der Waals surface area contributed by atoms with Crippen LogP contribution in [0.15, 0.2) is 30.3 Å². The van der Waals surface area contributed by atoms with Gasteiger partial charge in [-0.2, -0.15) is 13.2 Å². The zero-order valence-electron chi connectivity index (χ0n) is 20.6. The minimum Gasteiger partial charge on any atom is -0.453 e. The second-order valence-electron chi connectivity index (χ2n) is 9.66. The molecule has 0 bridgehead atoms. The zero-order chi connectivity index (χ0) is 26.6. The van der Waals surface area contributed by atoms with Crippen molar-refractivity contribution < 1.29 is 41.8 Å². The highest BCUT2D eigenvalue weighted by Gasteiger charge is 2.55. The lowest BCUT2D eigenvalue weighted by molar-refractivity contribution is -0.175. The van der Waals surface area contributed by atoms with Crippen LogP contribution in [0.3, 0.4) is 0 Å². The lowest BCUT2D eigenvalue weighted by Gasteiger charge is -2.34. The molecule has 4 rings (SSSR count). The van der Waals surface area contributed by atoms with Gasteiger partial charge in [-0.1, -0.05) is 36.8 Å². The van der Waals surface area contributed by atoms with Crippen LogP contribution in [0.5, 0.6) is 0 Å². The zero-order valence-corrected chi connectivity index (χ0v) is 20.6. The van der Waals surface area contributed by atoms with Crippen molar-refractivity contribution in [2.75, 3.05) is 26.8 Å². The molecule has 1 saturated carbocycles. The molecule has 0 aromatic heterocycles. The summed E-state index contributed by atoms with van der Waals surface area (Å²) < 4.78 is 55.4. The summed E-state index contributed by atoms with van der Waals surface area (Å²) in [7, 11) is 1.22. The van der Waals surface area contributed by atoms with Crippen molar-refractivity contribution in [1.29, 1.82) is 0 Å². The Labute approximate surface area is 213 Å². The van der Waals surface area contributed by atoms with Gasteiger partial charge >= 0.3 is 24.3 Å². The Morgan fingerprint density at radius 2 is 1.73 bits per heavy atom. The van der Waals surface area contributed by atoms with E-state index in [4.69, 9.17) is 14.2 Å². The average molecular weight is 528 g/mol. The van der Waals surface area contributed by atoms with E-state index in [2.05, 4.69) is 5.32 Å². The van der Waals surface area contributed by atoms with Crippen LogP contribution >= 0.6 is 0 Å². The number of carbonyl (C=O) groups excluding carboxylic acids is 3. The quantitative estimate of drug-likeness (QED) is 0.609. The summed E-state index contributed by atoms with van der Waals surface area (Å²) in [5, 5.41) is 2.12. The number of methoxy groups -OCH3 is 1. The molecule has 0 radical (unpaired) electrons. The van der Waals surface area contributed by atoms with Gasteiger partial charge in [0.25, 0.3) is 0 Å². The highest BCUT2D eigenvalue weighted by Crippen LogP contribution is 2.42. The standard InChI is InChI=1S/C25H32F3N3O6/c1-35-24(34)31-19-9-5-8-18(19)21(29-22(32)25(26,27)28)20(31)15-36-17-10-12-30(13-11-17)23(33)37-14-16-6-3-2-4-7-16/h2-4,6-7,17-21H,5,8-15H2,1H3,(H,29,32)/t18-,19+,20-,21-/m0/s1. The molecule has 204 valence electrons. The maximum Gasteiger partial charge on any atom is 0.471 e. The van der Waals surface area contributed by atoms with Gasteiger partial charge in [0, 0.05) is 25.0 Å². The number of alkyl halides is 3. The van der Waals surface area contributed by atoms with E-state index in [-0.39, 0.29) is 31.3 Å². The molecule has 1 aliphatic carbocycles. The van der Waals surface area contributed by atoms with Crippen molar-refractivity contribution in [3.05, 3.63) is 35.9 Å². The molecule has 2 aliphatic heterocycles. The van der Waals surface area contributed by atoms with Crippen LogP contribution < -0.4 is 5.32 Å². The summed E-state index contributed by atoms with van der Waals surface area (Å²) in [6.45, 7) is 0.939. The molecule has 1 N–H and O–H groups in total. The largest absolute Gasteiger partial charge is 0.471 e. The van der Waals surface area contributed by atoms with Crippen molar-refractivity contribution in [1.82, 2.24) is 15.1 Å². The minimum absolute atomic E-state index is 0.0476. The van der Waals surface area contributed by atoms with Crippen LogP contribution in [-0.2, 0) is 25.6 Å². The van der Waals surface area contributed by atoms with E-state index in [1.807, 2.05) is 30.3 Å². The number of amides is 3. The number of halogens is 3. The Balaban J connectivity index is 1.33. The SMILES string of the molecule is COC(=O)N1[C@@H]2CCC[C@@H]2[C@H](NC(=O)C(F)(F)F)[C@@H]1COC1CCN(C(=O)OCc2ccccc2)CC1. The minimum atomic E-state index is -5.03. The number of rotatable bonds is 6. The second-order valence-corrected chi connectivity index (χ2v) is 9.66. The summed E-state index contributed by atoms with van der Waals surface area (Å²) in [6, 6.07) is 7.34. The first-order valence-electron chi connectivity index (χ1n) is 12.5. The van der Waals surface area contributed by atoms with Gasteiger partial charge < -0.3 is 24.4 Å². The monoisotopic (exact) mass is 527 g/mol. The number of nitrogens with zero attached hydrogens (tertiary/aromatic N) is 2. The molecule has 3 amide bonds. The molecule has 3 aliphatic rings. The van der Waals surface area contributed by atoms with E-state index in [9.17, 15) is 27.6 Å². The number of hydrogen-bond acceptors (Lipinski definition) is 6. The van der Waals surface area contributed by atoms with Crippen molar-refractivity contribution in [3.8, 4) is 0 Å². The third-order valence-electron chi connectivity index (χ3n) is 7.47. The van der Waals surface area contributed by atoms with Crippen molar-refractivity contribution in [2.24, 2.45) is 5.92 Å². The number of carbonyl (C=O) groups is 3. The Bertz CT molecular complexity index is 955. The highest BCUT2D eigenvalue weighted by molar-refractivity contribution is 5.82. The summed E-state index contributed by atoms with van der Waals surface area (Å²) in [6.07, 6.45) is -3.36. The Morgan fingerprint density at radius 1 is 1.03 bits per heavy atom. The van der Waals surface area contributed by atoms with Crippen molar-refractivity contribution in [2.45, 2.75) is 69.1 Å². The molecule has 2 heterocycles. The van der Waals surface area contributed by atoms with Gasteiger partial charge in [0.15, 0.2) is 0 Å². The van der Waals surface area contributed by atoms with E-state index < -0.39 is 36.4 Å². The normalized spacial score (nSPS) is 26.1. The van der Waals surface area contributed by atoms with Gasteiger partial charge in [-0.15, -0.1) is 0 Å². The summed E-state index contributed by atoms with van der Waals surface area (Å²) in [5.41, 5.74) is 0.887. The van der Waals surface area contributed by atoms with Crippen LogP contribution in [0, 0.1) is 5.92 Å². The molecule has 9 nitrogen and oxygen atoms in total. The second kappa shape index (κ2) is 11.6. The smallest absolute Gasteiger partial charge is 0.453 e. The number of hydrogen-bond donors (Lipinski definition) is 1. The first-order valence-corrected chi connectivity index (χ1v) is 12.5. The first kappa shape index (κ1) is 27.0. The fourth-order valence-electron chi connectivity index (χ4n) is 5.68. The van der Waals surface area contributed by atoms with E-state index in [1.54, 1.807) is 4.90 Å². The predicted octanol–water partition coefficient (Wildman–Crippen LogP) is 3.47. The average Bonchev–Trinajstić information content (AvgIpc) is 3.47. The third kappa shape index (κ3) is 6.28. The number of ether oxygens (including phenoxy) is 3. The number of fused-ring (bicyclic) bond motifs is 1. The lowest BCUT2D eigenvalue weighted by Crippen LogP contribution is -2.54. The molecule has 3 fully saturated rings. The molecule has 0 unspecified atom stereocenters. The maximum atomic E-state index is 13.0. The van der Waals surface area contributed by atoms with Gasteiger partial charge in [-0.05, 0) is 31.2 Å². The van der Waals surface area contributed by atoms with Crippen molar-refractivity contribution >= 4 is 18.1 Å². The molecular weight excluding hydrogens is 495 g/mol. The van der Waals surface area contributed by atoms with Crippen LogP contribution in [0.25, 0.3) is 0 Å². The molecule has 12 heteroatoms. The van der Waals surface area contributed by atoms with Crippen LogP contribution in [0.1, 0.15) is 37.7 Å². The summed E-state index contributed by atoms with van der Waals surface area (Å²) >= 11 is 0. The van der Waals surface area contributed by atoms with E-state index in [1.165, 1.54) is 12.0 Å². The molecular formula is C25H32F3N3O6. The van der Waals surface area contributed by atoms with E-state index in [0.29, 0.717) is 38.8 Å². The number of nitrogens with one attached hydrogen (secondary N) is 1. The molecule has 37 heavy (non-hydrogen) atoms. The maximum absolute atomic E-state index is 13.0. The number of likely N-dealkylation sites (tertiary alicyclic amines) is 2. The van der Waals surface area contributed by atoms with Gasteiger partial charge in [-0.25, -0.2) is 9.59 Å². The Morgan fingerprint density at radius 3 is 2.38 bits per heavy atom. The Hall–Kier alpha value is -3.02. The Kier molecular flexibility index (Phi) is 8.46. The van der Waals surface area contributed by atoms with E-state index in [0.717, 1.165) is 12.0 Å². The number of benzene rings is 1. The molecule has 1 aromatic rings. The highest BCUT2D eigenvalue weighted by atomic mass is 19.4. The van der Waals surface area contributed by atoms with Gasteiger partial charge in [0.1, 0.15) is 6.61 Å². The molecule has 1 aromatic carbocycles. The van der Waals surface area contributed by atoms with Crippen molar-refractivity contribution in [3.63, 3.8) is 0 Å². The molecule has 0 spiro atoms.